The largest absolute Gasteiger partial charge is 0.390 e. The first-order valence-corrected chi connectivity index (χ1v) is 10.9. The van der Waals surface area contributed by atoms with Crippen LogP contribution in [0.15, 0.2) is 29.1 Å². The molecule has 1 saturated carbocycles. The minimum absolute atomic E-state index is 0.121. The molecule has 1 fully saturated rings. The van der Waals surface area contributed by atoms with Crippen LogP contribution in [-0.2, 0) is 10.0 Å². The molecule has 0 aromatic carbocycles. The van der Waals surface area contributed by atoms with Crippen LogP contribution in [0.25, 0.3) is 16.8 Å². The monoisotopic (exact) mass is 427 g/mol. The summed E-state index contributed by atoms with van der Waals surface area (Å²) < 4.78 is 65.9. The quantitative estimate of drug-likeness (QED) is 0.629. The molecule has 0 bridgehead atoms. The van der Waals surface area contributed by atoms with E-state index in [1.165, 1.54) is 6.21 Å². The molecule has 0 aliphatic heterocycles. The number of sulfonamides is 1. The zero-order valence-electron chi connectivity index (χ0n) is 15.6. The maximum absolute atomic E-state index is 12.3. The molecule has 1 aliphatic carbocycles. The van der Waals surface area contributed by atoms with Crippen molar-refractivity contribution in [1.82, 2.24) is 19.4 Å². The van der Waals surface area contributed by atoms with Gasteiger partial charge in [0.05, 0.1) is 23.9 Å². The van der Waals surface area contributed by atoms with Crippen molar-refractivity contribution in [3.8, 4) is 0 Å². The summed E-state index contributed by atoms with van der Waals surface area (Å²) in [6, 6.07) is 1.92. The Balaban J connectivity index is 1.54. The van der Waals surface area contributed by atoms with E-state index in [1.54, 1.807) is 12.4 Å². The van der Waals surface area contributed by atoms with E-state index in [1.807, 2.05) is 16.7 Å². The molecule has 0 spiro atoms. The third-order valence-electron chi connectivity index (χ3n) is 5.44. The van der Waals surface area contributed by atoms with Crippen molar-refractivity contribution in [1.29, 1.82) is 0 Å². The van der Waals surface area contributed by atoms with Gasteiger partial charge in [-0.3, -0.25) is 4.40 Å². The fraction of sp³-hybridized carbons (Fsp3) is 0.500. The van der Waals surface area contributed by atoms with Gasteiger partial charge < -0.3 is 4.98 Å². The molecule has 3 heterocycles. The van der Waals surface area contributed by atoms with Gasteiger partial charge in [-0.1, -0.05) is 6.92 Å². The molecule has 0 radical (unpaired) electrons. The molecule has 1 N–H and O–H groups in total. The lowest BCUT2D eigenvalue weighted by Gasteiger charge is -2.15. The molecular formula is C18H20F3N5O2S. The van der Waals surface area contributed by atoms with Crippen LogP contribution in [0.3, 0.4) is 0 Å². The SMILES string of the molecule is C[C@@H]1CC(C=NS(=O)(=O)CCC(F)(F)F)C[C@@H]1c1cnc2cnc3[nH]ccc3n12. The summed E-state index contributed by atoms with van der Waals surface area (Å²) in [5, 5.41) is 0. The Bertz CT molecular complexity index is 1170. The van der Waals surface area contributed by atoms with E-state index in [9.17, 15) is 21.6 Å². The first kappa shape index (κ1) is 19.9. The van der Waals surface area contributed by atoms with Crippen LogP contribution < -0.4 is 0 Å². The summed E-state index contributed by atoms with van der Waals surface area (Å²) in [6.45, 7) is 2.07. The van der Waals surface area contributed by atoms with Gasteiger partial charge >= 0.3 is 6.18 Å². The Kier molecular flexibility index (Phi) is 4.88. The van der Waals surface area contributed by atoms with Gasteiger partial charge in [0.1, 0.15) is 0 Å². The van der Waals surface area contributed by atoms with Crippen LogP contribution >= 0.6 is 0 Å². The highest BCUT2D eigenvalue weighted by Crippen LogP contribution is 2.42. The number of hydrogen-bond acceptors (Lipinski definition) is 4. The maximum atomic E-state index is 12.3. The summed E-state index contributed by atoms with van der Waals surface area (Å²) in [5.74, 6) is -0.777. The lowest BCUT2D eigenvalue weighted by molar-refractivity contribution is -0.129. The lowest BCUT2D eigenvalue weighted by Crippen LogP contribution is -2.15. The van der Waals surface area contributed by atoms with Crippen molar-refractivity contribution in [3.63, 3.8) is 0 Å². The van der Waals surface area contributed by atoms with Crippen LogP contribution in [0.2, 0.25) is 0 Å². The van der Waals surface area contributed by atoms with Gasteiger partial charge in [-0.05, 0) is 30.7 Å². The molecule has 29 heavy (non-hydrogen) atoms. The van der Waals surface area contributed by atoms with Crippen molar-refractivity contribution in [3.05, 3.63) is 30.4 Å². The second kappa shape index (κ2) is 7.12. The molecule has 0 amide bonds. The number of imidazole rings is 1. The molecule has 1 aliphatic rings. The number of alkyl halides is 3. The highest BCUT2D eigenvalue weighted by molar-refractivity contribution is 7.90. The number of fused-ring (bicyclic) bond motifs is 3. The smallest absolute Gasteiger partial charge is 0.345 e. The second-order valence-corrected chi connectivity index (χ2v) is 9.35. The van der Waals surface area contributed by atoms with Gasteiger partial charge in [0.2, 0.25) is 0 Å². The van der Waals surface area contributed by atoms with Crippen LogP contribution in [0.4, 0.5) is 13.2 Å². The summed E-state index contributed by atoms with van der Waals surface area (Å²) in [5.41, 5.74) is 3.40. The lowest BCUT2D eigenvalue weighted by atomic mass is 9.95. The molecule has 1 unspecified atom stereocenters. The first-order valence-electron chi connectivity index (χ1n) is 9.27. The van der Waals surface area contributed by atoms with Crippen molar-refractivity contribution < 1.29 is 21.6 Å². The summed E-state index contributed by atoms with van der Waals surface area (Å²) in [4.78, 5) is 11.8. The highest BCUT2D eigenvalue weighted by atomic mass is 32.2. The third-order valence-corrected chi connectivity index (χ3v) is 6.61. The van der Waals surface area contributed by atoms with E-state index >= 15 is 0 Å². The van der Waals surface area contributed by atoms with Crippen LogP contribution in [0, 0.1) is 11.8 Å². The molecule has 11 heteroatoms. The number of aromatic amines is 1. The van der Waals surface area contributed by atoms with Crippen LogP contribution in [-0.4, -0.2) is 45.9 Å². The Morgan fingerprint density at radius 2 is 2.10 bits per heavy atom. The average molecular weight is 427 g/mol. The fourth-order valence-corrected chi connectivity index (χ4v) is 5.01. The van der Waals surface area contributed by atoms with Gasteiger partial charge in [0, 0.05) is 30.2 Å². The molecule has 156 valence electrons. The third kappa shape index (κ3) is 4.14. The zero-order chi connectivity index (χ0) is 20.8. The zero-order valence-corrected chi connectivity index (χ0v) is 16.4. The highest BCUT2D eigenvalue weighted by Gasteiger charge is 2.34. The van der Waals surface area contributed by atoms with Crippen molar-refractivity contribution in [2.75, 3.05) is 5.75 Å². The van der Waals surface area contributed by atoms with E-state index in [0.717, 1.165) is 22.5 Å². The van der Waals surface area contributed by atoms with Gasteiger partial charge in [-0.25, -0.2) is 18.4 Å². The van der Waals surface area contributed by atoms with Crippen LogP contribution in [0.5, 0.6) is 0 Å². The molecule has 3 atom stereocenters. The Hall–Kier alpha value is -2.43. The van der Waals surface area contributed by atoms with Crippen molar-refractivity contribution >= 4 is 33.0 Å². The van der Waals surface area contributed by atoms with E-state index in [-0.39, 0.29) is 17.8 Å². The molecule has 4 rings (SSSR count). The van der Waals surface area contributed by atoms with E-state index in [0.29, 0.717) is 12.8 Å². The van der Waals surface area contributed by atoms with Gasteiger partial charge in [0.15, 0.2) is 11.3 Å². The number of aromatic nitrogens is 4. The Morgan fingerprint density at radius 3 is 2.86 bits per heavy atom. The first-order chi connectivity index (χ1) is 13.6. The number of halogens is 3. The number of nitrogens with one attached hydrogen (secondary N) is 1. The van der Waals surface area contributed by atoms with Gasteiger partial charge in [-0.2, -0.15) is 17.6 Å². The molecule has 7 nitrogen and oxygen atoms in total. The minimum Gasteiger partial charge on any atom is -0.345 e. The van der Waals surface area contributed by atoms with Gasteiger partial charge in [0.25, 0.3) is 10.0 Å². The molecule has 3 aromatic heterocycles. The fourth-order valence-electron chi connectivity index (χ4n) is 4.06. The summed E-state index contributed by atoms with van der Waals surface area (Å²) in [6.07, 6.45) is 2.06. The predicted octanol–water partition coefficient (Wildman–Crippen LogP) is 3.69. The van der Waals surface area contributed by atoms with E-state index < -0.39 is 28.4 Å². The molecule has 0 saturated heterocycles. The number of nitrogens with zero attached hydrogens (tertiary/aromatic N) is 4. The second-order valence-electron chi connectivity index (χ2n) is 7.57. The standard InChI is InChI=1S/C18H20F3N5O2S/c1-11-6-12(8-25-29(27,28)5-3-18(19,20)21)7-13(11)15-9-23-16-10-24-17-14(26(15)16)2-4-22-17/h2,4,8-13,22H,3,5-7H2,1H3/t11-,12?,13+/m1/s1. The summed E-state index contributed by atoms with van der Waals surface area (Å²) >= 11 is 0. The molecule has 3 aromatic rings. The average Bonchev–Trinajstić information content (AvgIpc) is 3.34. The van der Waals surface area contributed by atoms with Gasteiger partial charge in [-0.15, -0.1) is 0 Å². The van der Waals surface area contributed by atoms with Crippen LogP contribution in [0.1, 0.15) is 37.8 Å². The maximum Gasteiger partial charge on any atom is 0.390 e. The van der Waals surface area contributed by atoms with Crippen molar-refractivity contribution in [2.45, 2.75) is 38.3 Å². The van der Waals surface area contributed by atoms with Crippen molar-refractivity contribution in [2.24, 2.45) is 16.2 Å². The van der Waals surface area contributed by atoms with E-state index in [4.69, 9.17) is 0 Å². The number of H-pyrrole nitrogens is 1. The number of rotatable bonds is 5. The summed E-state index contributed by atoms with van der Waals surface area (Å²) in [7, 11) is -4.13. The Morgan fingerprint density at radius 1 is 1.31 bits per heavy atom. The molecular weight excluding hydrogens is 407 g/mol. The Labute approximate surface area is 165 Å². The van der Waals surface area contributed by atoms with E-state index in [2.05, 4.69) is 26.3 Å². The normalized spacial score (nSPS) is 23.7. The topological polar surface area (TPSA) is 92.5 Å². The minimum atomic E-state index is -4.52. The number of hydrogen-bond donors (Lipinski definition) is 1. The predicted molar refractivity (Wildman–Crippen MR) is 102 cm³/mol.